The predicted molar refractivity (Wildman–Crippen MR) is 283 cm³/mol. The third-order valence-corrected chi connectivity index (χ3v) is 12.2. The van der Waals surface area contributed by atoms with Gasteiger partial charge in [-0.2, -0.15) is 0 Å². The summed E-state index contributed by atoms with van der Waals surface area (Å²) in [7, 11) is 1.23. The molecule has 0 aromatic rings. The lowest BCUT2D eigenvalue weighted by Crippen LogP contribution is -2.45. The standard InChI is InChI=1S/C57H101N2O6P/c1-6-8-10-12-14-15-16-17-18-19-20-21-22-23-24-25-26-27-28-29-30-31-32-33-34-35-36-37-38-39-40-41-42-43-45-47-49-51-57(61)58-55(56(60)50-48-46-44-13-11-9-7-2)54-65-66(62,63)64-53-52-59(3,4)5/h8,10-11,13-15,17-18,20-21,23-24,26-27,48,50,55-56,60H,6-7,9,12,16,19,22,25,28-47,49,51-54H2,1-5H3,(H-,58,61,62,63)/b10-8-,13-11+,15-14-,18-17-,21-20-,24-23-,27-26-,50-48+. The number of likely N-dealkylation sites (N-methyl/N-ethyl adjacent to an activating group) is 1. The van der Waals surface area contributed by atoms with Crippen molar-refractivity contribution in [3.63, 3.8) is 0 Å². The topological polar surface area (TPSA) is 108 Å². The summed E-state index contributed by atoms with van der Waals surface area (Å²) < 4.78 is 23.1. The molecule has 0 aromatic carbocycles. The first kappa shape index (κ1) is 63.4. The van der Waals surface area contributed by atoms with E-state index >= 15 is 0 Å². The lowest BCUT2D eigenvalue weighted by molar-refractivity contribution is -0.870. The molecule has 380 valence electrons. The van der Waals surface area contributed by atoms with E-state index in [1.54, 1.807) is 6.08 Å². The second kappa shape index (κ2) is 47.5. The minimum Gasteiger partial charge on any atom is -0.756 e. The lowest BCUT2D eigenvalue weighted by Gasteiger charge is -2.29. The summed E-state index contributed by atoms with van der Waals surface area (Å²) in [6, 6.07) is -0.903. The first-order valence-corrected chi connectivity index (χ1v) is 28.1. The van der Waals surface area contributed by atoms with E-state index in [9.17, 15) is 19.4 Å². The molecule has 0 bridgehead atoms. The number of carbonyl (C=O) groups is 1. The summed E-state index contributed by atoms with van der Waals surface area (Å²) in [5.41, 5.74) is 0. The van der Waals surface area contributed by atoms with Gasteiger partial charge in [0, 0.05) is 6.42 Å². The molecule has 3 atom stereocenters. The molecular weight excluding hydrogens is 840 g/mol. The monoisotopic (exact) mass is 941 g/mol. The van der Waals surface area contributed by atoms with Crippen molar-refractivity contribution in [2.24, 2.45) is 0 Å². The van der Waals surface area contributed by atoms with Gasteiger partial charge in [-0.25, -0.2) is 0 Å². The van der Waals surface area contributed by atoms with Gasteiger partial charge in [0.1, 0.15) is 13.2 Å². The van der Waals surface area contributed by atoms with Crippen LogP contribution in [-0.4, -0.2) is 68.5 Å². The van der Waals surface area contributed by atoms with Crippen molar-refractivity contribution in [2.45, 2.75) is 219 Å². The molecule has 0 radical (unpaired) electrons. The number of aliphatic hydroxyl groups excluding tert-OH is 1. The number of unbranched alkanes of at least 4 members (excludes halogenated alkanes) is 20. The van der Waals surface area contributed by atoms with E-state index in [2.05, 4.69) is 104 Å². The number of nitrogens with one attached hydrogen (secondary N) is 1. The fraction of sp³-hybridized carbons (Fsp3) is 0.702. The van der Waals surface area contributed by atoms with E-state index in [0.29, 0.717) is 17.4 Å². The molecule has 0 heterocycles. The highest BCUT2D eigenvalue weighted by molar-refractivity contribution is 7.45. The maximum atomic E-state index is 12.8. The summed E-state index contributed by atoms with van der Waals surface area (Å²) in [4.78, 5) is 25.2. The molecule has 0 aliphatic carbocycles. The fourth-order valence-corrected chi connectivity index (χ4v) is 7.84. The number of rotatable bonds is 47. The van der Waals surface area contributed by atoms with Crippen LogP contribution in [0.15, 0.2) is 97.2 Å². The Morgan fingerprint density at radius 2 is 0.939 bits per heavy atom. The third kappa shape index (κ3) is 49.3. The van der Waals surface area contributed by atoms with Crippen molar-refractivity contribution in [2.75, 3.05) is 40.9 Å². The Morgan fingerprint density at radius 3 is 1.39 bits per heavy atom. The van der Waals surface area contributed by atoms with Crippen LogP contribution < -0.4 is 10.2 Å². The van der Waals surface area contributed by atoms with Crippen LogP contribution in [0.3, 0.4) is 0 Å². The SMILES string of the molecule is CC/C=C\C/C=C\C/C=C\C/C=C\C/C=C\C/C=C\CCCCCCCCCCCCCCCCCCCCC(=O)NC(COP(=O)([O-])OCC[N+](C)(C)C)C(O)/C=C/CC/C=C/CCC. The molecule has 66 heavy (non-hydrogen) atoms. The highest BCUT2D eigenvalue weighted by Gasteiger charge is 2.23. The summed E-state index contributed by atoms with van der Waals surface area (Å²) in [5.74, 6) is -0.214. The Kier molecular flexibility index (Phi) is 45.6. The molecule has 0 aromatic heterocycles. The Labute approximate surface area is 407 Å². The first-order valence-electron chi connectivity index (χ1n) is 26.6. The van der Waals surface area contributed by atoms with E-state index in [4.69, 9.17) is 9.05 Å². The van der Waals surface area contributed by atoms with Gasteiger partial charge in [0.05, 0.1) is 39.9 Å². The number of nitrogens with zero attached hydrogens (tertiary/aromatic N) is 1. The van der Waals surface area contributed by atoms with Crippen LogP contribution in [-0.2, 0) is 18.4 Å². The zero-order chi connectivity index (χ0) is 48.5. The van der Waals surface area contributed by atoms with Crippen LogP contribution in [0.1, 0.15) is 206 Å². The average molecular weight is 941 g/mol. The van der Waals surface area contributed by atoms with Crippen LogP contribution >= 0.6 is 7.82 Å². The molecule has 9 heteroatoms. The molecule has 2 N–H and O–H groups in total. The van der Waals surface area contributed by atoms with Crippen LogP contribution in [0, 0.1) is 0 Å². The van der Waals surface area contributed by atoms with Crippen molar-refractivity contribution < 1.29 is 32.9 Å². The van der Waals surface area contributed by atoms with Gasteiger partial charge in [-0.3, -0.25) is 9.36 Å². The molecule has 0 spiro atoms. The molecule has 8 nitrogen and oxygen atoms in total. The Morgan fingerprint density at radius 1 is 0.545 bits per heavy atom. The Hall–Kier alpha value is -2.58. The van der Waals surface area contributed by atoms with Crippen molar-refractivity contribution in [1.82, 2.24) is 5.32 Å². The van der Waals surface area contributed by atoms with Gasteiger partial charge in [0.2, 0.25) is 5.91 Å². The lowest BCUT2D eigenvalue weighted by atomic mass is 10.0. The molecule has 0 fully saturated rings. The molecule has 1 amide bonds. The predicted octanol–water partition coefficient (Wildman–Crippen LogP) is 15.2. The minimum absolute atomic E-state index is 0.00953. The third-order valence-electron chi connectivity index (χ3n) is 11.3. The Balaban J connectivity index is 3.88. The number of quaternary nitrogens is 1. The van der Waals surface area contributed by atoms with E-state index in [0.717, 1.165) is 83.5 Å². The summed E-state index contributed by atoms with van der Waals surface area (Å²) in [5, 5.41) is 13.7. The van der Waals surface area contributed by atoms with E-state index in [-0.39, 0.29) is 12.5 Å². The molecule has 0 aliphatic heterocycles. The van der Waals surface area contributed by atoms with Gasteiger partial charge >= 0.3 is 0 Å². The maximum Gasteiger partial charge on any atom is 0.268 e. The number of amides is 1. The van der Waals surface area contributed by atoms with Gasteiger partial charge in [-0.1, -0.05) is 220 Å². The molecule has 3 unspecified atom stereocenters. The minimum atomic E-state index is -4.59. The molecule has 0 rings (SSSR count). The number of hydrogen-bond donors (Lipinski definition) is 2. The average Bonchev–Trinajstić information content (AvgIpc) is 3.28. The molecule has 0 saturated heterocycles. The highest BCUT2D eigenvalue weighted by Crippen LogP contribution is 2.38. The number of phosphoric ester groups is 1. The van der Waals surface area contributed by atoms with Crippen LogP contribution in [0.25, 0.3) is 0 Å². The van der Waals surface area contributed by atoms with Gasteiger partial charge in [-0.05, 0) is 77.0 Å². The smallest absolute Gasteiger partial charge is 0.268 e. The number of phosphoric acid groups is 1. The summed E-state index contributed by atoms with van der Waals surface area (Å²) in [6.07, 6.45) is 68.2. The number of carbonyl (C=O) groups excluding carboxylic acids is 1. The molecule has 0 aliphatic rings. The largest absolute Gasteiger partial charge is 0.756 e. The van der Waals surface area contributed by atoms with Crippen LogP contribution in [0.2, 0.25) is 0 Å². The maximum absolute atomic E-state index is 12.8. The zero-order valence-corrected chi connectivity index (χ0v) is 44.0. The first-order chi connectivity index (χ1) is 32.0. The van der Waals surface area contributed by atoms with Crippen molar-refractivity contribution in [1.29, 1.82) is 0 Å². The molecular formula is C57H101N2O6P. The highest BCUT2D eigenvalue weighted by atomic mass is 31.2. The van der Waals surface area contributed by atoms with Crippen LogP contribution in [0.4, 0.5) is 0 Å². The van der Waals surface area contributed by atoms with E-state index in [1.807, 2.05) is 27.2 Å². The second-order valence-corrected chi connectivity index (χ2v) is 20.2. The van der Waals surface area contributed by atoms with Gasteiger partial charge in [0.25, 0.3) is 7.82 Å². The fourth-order valence-electron chi connectivity index (χ4n) is 7.12. The quantitative estimate of drug-likeness (QED) is 0.0272. The number of hydrogen-bond acceptors (Lipinski definition) is 6. The number of allylic oxidation sites excluding steroid dienone is 15. The van der Waals surface area contributed by atoms with Crippen molar-refractivity contribution >= 4 is 13.7 Å². The van der Waals surface area contributed by atoms with Gasteiger partial charge in [0.15, 0.2) is 0 Å². The Bertz CT molecular complexity index is 1390. The van der Waals surface area contributed by atoms with Crippen LogP contribution in [0.5, 0.6) is 0 Å². The van der Waals surface area contributed by atoms with Gasteiger partial charge < -0.3 is 28.8 Å². The van der Waals surface area contributed by atoms with E-state index in [1.165, 1.54) is 103 Å². The normalized spacial score (nSPS) is 14.8. The number of aliphatic hydroxyl groups is 1. The van der Waals surface area contributed by atoms with Crippen molar-refractivity contribution in [3.8, 4) is 0 Å². The van der Waals surface area contributed by atoms with Gasteiger partial charge in [-0.15, -0.1) is 0 Å². The summed E-state index contributed by atoms with van der Waals surface area (Å²) in [6.45, 7) is 4.38. The molecule has 0 saturated carbocycles. The summed E-state index contributed by atoms with van der Waals surface area (Å²) >= 11 is 0. The van der Waals surface area contributed by atoms with E-state index < -0.39 is 26.6 Å². The zero-order valence-electron chi connectivity index (χ0n) is 43.1. The second-order valence-electron chi connectivity index (χ2n) is 18.8. The van der Waals surface area contributed by atoms with Crippen molar-refractivity contribution in [3.05, 3.63) is 97.2 Å².